The van der Waals surface area contributed by atoms with E-state index in [1.54, 1.807) is 0 Å². The molecule has 1 aliphatic carbocycles. The molecule has 2 aromatic heterocycles. The van der Waals surface area contributed by atoms with Gasteiger partial charge in [0.1, 0.15) is 5.58 Å². The molecule has 0 saturated heterocycles. The molecular formula is C51H34BN2O. The lowest BCUT2D eigenvalue weighted by molar-refractivity contribution is 0.664. The number of nitrogens with zero attached hydrogens (tertiary/aromatic N) is 1. The summed E-state index contributed by atoms with van der Waals surface area (Å²) in [6, 6.07) is 59.2. The molecule has 0 amide bonds. The van der Waals surface area contributed by atoms with Crippen LogP contribution in [0.1, 0.15) is 25.0 Å². The number of hydrogen-bond acceptors (Lipinski definition) is 2. The maximum absolute atomic E-state index is 6.94. The fourth-order valence-electron chi connectivity index (χ4n) is 9.72. The molecule has 0 saturated carbocycles. The molecule has 2 aliphatic rings. The third kappa shape index (κ3) is 4.22. The molecule has 0 bridgehead atoms. The van der Waals surface area contributed by atoms with Crippen molar-refractivity contribution in [2.24, 2.45) is 0 Å². The van der Waals surface area contributed by atoms with Crippen LogP contribution in [-0.2, 0) is 5.41 Å². The van der Waals surface area contributed by atoms with Crippen molar-refractivity contribution >= 4 is 73.2 Å². The van der Waals surface area contributed by atoms with Gasteiger partial charge in [0.05, 0.1) is 17.1 Å². The number of para-hydroxylation sites is 2. The number of benzene rings is 8. The van der Waals surface area contributed by atoms with Gasteiger partial charge in [-0.15, -0.1) is 0 Å². The standard InChI is InChI=1S/C51H34BN2O/c1-51(2)41-20-10-8-18-37(41)48-44(51)38-19-12-21-42-47(38)54(48)49-45(52-42)39(29-40-35-17-9-11-22-43(35)55-50(40)49)36-28-25-32-15-6-7-16-34(32)46(36)53-33-26-23-31(24-27-33)30-13-4-3-5-14-30/h3-29,53H,1-2H3. The molecule has 8 aromatic carbocycles. The normalized spacial score (nSPS) is 13.6. The smallest absolute Gasteiger partial charge is 0.198 e. The molecule has 12 rings (SSSR count). The van der Waals surface area contributed by atoms with Crippen LogP contribution in [0.3, 0.4) is 0 Å². The van der Waals surface area contributed by atoms with E-state index in [0.29, 0.717) is 0 Å². The van der Waals surface area contributed by atoms with E-state index >= 15 is 0 Å². The fourth-order valence-corrected chi connectivity index (χ4v) is 9.72. The average molecular weight is 702 g/mol. The minimum absolute atomic E-state index is 0.158. The summed E-state index contributed by atoms with van der Waals surface area (Å²) in [6.07, 6.45) is 0. The molecule has 4 heteroatoms. The van der Waals surface area contributed by atoms with Gasteiger partial charge in [-0.25, -0.2) is 0 Å². The van der Waals surface area contributed by atoms with Gasteiger partial charge in [0.15, 0.2) is 12.9 Å². The van der Waals surface area contributed by atoms with E-state index in [1.165, 1.54) is 66.2 Å². The van der Waals surface area contributed by atoms with Crippen LogP contribution in [-0.4, -0.2) is 11.8 Å². The molecule has 55 heavy (non-hydrogen) atoms. The van der Waals surface area contributed by atoms with E-state index in [-0.39, 0.29) is 5.41 Å². The lowest BCUT2D eigenvalue weighted by Gasteiger charge is -2.26. The zero-order valence-corrected chi connectivity index (χ0v) is 30.5. The minimum Gasteiger partial charge on any atom is -0.454 e. The van der Waals surface area contributed by atoms with Crippen LogP contribution in [0.5, 0.6) is 0 Å². The second-order valence-corrected chi connectivity index (χ2v) is 15.6. The third-order valence-corrected chi connectivity index (χ3v) is 12.2. The molecule has 3 heterocycles. The van der Waals surface area contributed by atoms with Crippen LogP contribution in [0.15, 0.2) is 168 Å². The number of fused-ring (bicyclic) bond motifs is 12. The third-order valence-electron chi connectivity index (χ3n) is 12.2. The van der Waals surface area contributed by atoms with Crippen LogP contribution in [0.25, 0.3) is 82.8 Å². The Morgan fingerprint density at radius 3 is 2.18 bits per heavy atom. The molecular weight excluding hydrogens is 667 g/mol. The number of furan rings is 1. The van der Waals surface area contributed by atoms with Crippen molar-refractivity contribution in [1.29, 1.82) is 0 Å². The predicted octanol–water partition coefficient (Wildman–Crippen LogP) is 12.0. The fraction of sp³-hybridized carbons (Fsp3) is 0.0588. The number of hydrogen-bond donors (Lipinski definition) is 1. The number of rotatable bonds is 4. The SMILES string of the molecule is CC1(C)c2ccccc2-c2c1c1cccc3c1n2-c1c(c(-c2ccc4ccccc4c2Nc2ccc(-c4ccccc4)cc2)cc2c1oc1ccccc12)[B]3. The highest BCUT2D eigenvalue weighted by Gasteiger charge is 2.43. The summed E-state index contributed by atoms with van der Waals surface area (Å²) in [4.78, 5) is 0. The number of nitrogens with one attached hydrogen (secondary N) is 1. The number of anilines is 2. The van der Waals surface area contributed by atoms with E-state index in [1.807, 2.05) is 0 Å². The molecule has 1 aliphatic heterocycles. The van der Waals surface area contributed by atoms with Gasteiger partial charge >= 0.3 is 0 Å². The molecule has 3 nitrogen and oxygen atoms in total. The van der Waals surface area contributed by atoms with Gasteiger partial charge in [0.25, 0.3) is 0 Å². The van der Waals surface area contributed by atoms with Crippen LogP contribution in [0.4, 0.5) is 11.4 Å². The van der Waals surface area contributed by atoms with Crippen molar-refractivity contribution < 1.29 is 4.42 Å². The molecule has 1 N–H and O–H groups in total. The molecule has 1 radical (unpaired) electrons. The van der Waals surface area contributed by atoms with Gasteiger partial charge in [0, 0.05) is 49.3 Å². The second kappa shape index (κ2) is 11.1. The lowest BCUT2D eigenvalue weighted by atomic mass is 9.58. The Morgan fingerprint density at radius 2 is 1.31 bits per heavy atom. The van der Waals surface area contributed by atoms with Crippen molar-refractivity contribution in [2.45, 2.75) is 19.3 Å². The summed E-state index contributed by atoms with van der Waals surface area (Å²) in [5.41, 5.74) is 18.5. The summed E-state index contributed by atoms with van der Waals surface area (Å²) in [7, 11) is 2.40. The van der Waals surface area contributed by atoms with Crippen molar-refractivity contribution in [1.82, 2.24) is 4.57 Å². The van der Waals surface area contributed by atoms with Gasteiger partial charge in [-0.2, -0.15) is 0 Å². The van der Waals surface area contributed by atoms with E-state index in [0.717, 1.165) is 50.0 Å². The Labute approximate surface area is 319 Å². The van der Waals surface area contributed by atoms with Crippen LogP contribution in [0, 0.1) is 0 Å². The van der Waals surface area contributed by atoms with Crippen molar-refractivity contribution in [3.63, 3.8) is 0 Å². The summed E-state index contributed by atoms with van der Waals surface area (Å²) in [5, 5.41) is 9.84. The van der Waals surface area contributed by atoms with E-state index in [9.17, 15) is 0 Å². The Kier molecular flexibility index (Phi) is 6.20. The van der Waals surface area contributed by atoms with E-state index in [4.69, 9.17) is 4.42 Å². The molecule has 0 atom stereocenters. The first-order valence-corrected chi connectivity index (χ1v) is 19.1. The van der Waals surface area contributed by atoms with E-state index in [2.05, 4.69) is 195 Å². The second-order valence-electron chi connectivity index (χ2n) is 15.6. The Hall–Kier alpha value is -6.78. The van der Waals surface area contributed by atoms with Crippen molar-refractivity contribution in [2.75, 3.05) is 5.32 Å². The Morgan fingerprint density at radius 1 is 0.582 bits per heavy atom. The molecule has 0 fully saturated rings. The first-order valence-electron chi connectivity index (χ1n) is 19.1. The van der Waals surface area contributed by atoms with Crippen LogP contribution >= 0.6 is 0 Å². The summed E-state index contributed by atoms with van der Waals surface area (Å²) in [6.45, 7) is 4.76. The quantitative estimate of drug-likeness (QED) is 0.185. The topological polar surface area (TPSA) is 30.1 Å². The zero-order chi connectivity index (χ0) is 36.4. The Bertz CT molecular complexity index is 3220. The highest BCUT2D eigenvalue weighted by atomic mass is 16.3. The van der Waals surface area contributed by atoms with Gasteiger partial charge in [-0.3, -0.25) is 0 Å². The van der Waals surface area contributed by atoms with E-state index < -0.39 is 0 Å². The maximum atomic E-state index is 6.94. The highest BCUT2D eigenvalue weighted by molar-refractivity contribution is 6.73. The molecule has 0 spiro atoms. The monoisotopic (exact) mass is 701 g/mol. The van der Waals surface area contributed by atoms with Gasteiger partial charge in [0.2, 0.25) is 0 Å². The first kappa shape index (κ1) is 30.7. The number of aromatic nitrogens is 1. The van der Waals surface area contributed by atoms with Gasteiger partial charge in [-0.1, -0.05) is 159 Å². The van der Waals surface area contributed by atoms with Crippen molar-refractivity contribution in [3.05, 3.63) is 175 Å². The largest absolute Gasteiger partial charge is 0.454 e. The lowest BCUT2D eigenvalue weighted by Crippen LogP contribution is -2.37. The maximum Gasteiger partial charge on any atom is 0.198 e. The van der Waals surface area contributed by atoms with Crippen LogP contribution in [0.2, 0.25) is 0 Å². The average Bonchev–Trinajstić information content (AvgIpc) is 3.86. The minimum atomic E-state index is -0.158. The Balaban J connectivity index is 1.17. The summed E-state index contributed by atoms with van der Waals surface area (Å²) in [5.74, 6) is 0. The summed E-state index contributed by atoms with van der Waals surface area (Å²) >= 11 is 0. The van der Waals surface area contributed by atoms with Gasteiger partial charge in [-0.05, 0) is 62.9 Å². The molecule has 10 aromatic rings. The zero-order valence-electron chi connectivity index (χ0n) is 30.5. The van der Waals surface area contributed by atoms with Crippen molar-refractivity contribution in [3.8, 4) is 39.2 Å². The highest BCUT2D eigenvalue weighted by Crippen LogP contribution is 2.54. The first-order chi connectivity index (χ1) is 27.0. The predicted molar refractivity (Wildman–Crippen MR) is 231 cm³/mol. The molecule has 257 valence electrons. The summed E-state index contributed by atoms with van der Waals surface area (Å²) < 4.78 is 9.49. The van der Waals surface area contributed by atoms with Crippen LogP contribution < -0.4 is 16.2 Å². The van der Waals surface area contributed by atoms with Gasteiger partial charge < -0.3 is 14.3 Å². The molecule has 0 unspecified atom stereocenters.